The first-order valence-corrected chi connectivity index (χ1v) is 13.5. The lowest BCUT2D eigenvalue weighted by Gasteiger charge is -2.32. The van der Waals surface area contributed by atoms with Crippen LogP contribution in [0.1, 0.15) is 36.9 Å². The number of nitrogens with one attached hydrogen (secondary N) is 1. The molecule has 2 atom stereocenters. The lowest BCUT2D eigenvalue weighted by molar-refractivity contribution is -0.142. The molecule has 1 fully saturated rings. The number of fused-ring (bicyclic) bond motifs is 1. The molecule has 5 rings (SSSR count). The molecule has 0 unspecified atom stereocenters. The molecular formula is C30H32FN5O4. The van der Waals surface area contributed by atoms with Crippen molar-refractivity contribution in [1.29, 1.82) is 0 Å². The largest absolute Gasteiger partial charge is 0.494 e. The number of carbonyl (C=O) groups excluding carboxylic acids is 2. The fraction of sp³-hybridized carbons (Fsp3) is 0.333. The zero-order valence-corrected chi connectivity index (χ0v) is 22.3. The molecule has 4 aromatic rings. The first-order valence-electron chi connectivity index (χ1n) is 13.5. The molecule has 0 saturated carbocycles. The summed E-state index contributed by atoms with van der Waals surface area (Å²) in [6.07, 6.45) is 1.75. The first kappa shape index (κ1) is 27.3. The van der Waals surface area contributed by atoms with Gasteiger partial charge in [0.15, 0.2) is 0 Å². The van der Waals surface area contributed by atoms with Crippen molar-refractivity contribution in [1.82, 2.24) is 25.2 Å². The van der Waals surface area contributed by atoms with Crippen LogP contribution in [0, 0.1) is 5.82 Å². The molecule has 1 saturated heterocycles. The molecule has 1 aliphatic rings. The highest BCUT2D eigenvalue weighted by Gasteiger charge is 2.33. The van der Waals surface area contributed by atoms with Gasteiger partial charge >= 0.3 is 0 Å². The van der Waals surface area contributed by atoms with Crippen LogP contribution in [0.3, 0.4) is 0 Å². The molecule has 10 heteroatoms. The number of para-hydroxylation sites is 1. The highest BCUT2D eigenvalue weighted by Crippen LogP contribution is 2.27. The van der Waals surface area contributed by atoms with E-state index in [1.807, 2.05) is 31.2 Å². The van der Waals surface area contributed by atoms with Crippen molar-refractivity contribution < 1.29 is 23.5 Å². The Hall–Kier alpha value is -4.31. The van der Waals surface area contributed by atoms with Crippen molar-refractivity contribution in [2.45, 2.75) is 45.0 Å². The SMILES string of the molecule is CCOc1ccc([C@@H](C(=O)NC[C@H]2CCCO2)N(Cc2ccc(F)cc2)C(=O)Cn2nnc3ccccc32)cc1. The monoisotopic (exact) mass is 545 g/mol. The number of benzene rings is 3. The molecule has 2 amide bonds. The van der Waals surface area contributed by atoms with Gasteiger partial charge in [0, 0.05) is 19.7 Å². The van der Waals surface area contributed by atoms with Crippen LogP contribution in [0.5, 0.6) is 5.75 Å². The van der Waals surface area contributed by atoms with E-state index >= 15 is 0 Å². The predicted octanol–water partition coefficient (Wildman–Crippen LogP) is 4.03. The quantitative estimate of drug-likeness (QED) is 0.306. The van der Waals surface area contributed by atoms with Crippen molar-refractivity contribution >= 4 is 22.8 Å². The third-order valence-electron chi connectivity index (χ3n) is 6.89. The van der Waals surface area contributed by atoms with Crippen molar-refractivity contribution in [2.75, 3.05) is 19.8 Å². The summed E-state index contributed by atoms with van der Waals surface area (Å²) in [4.78, 5) is 29.3. The Morgan fingerprint density at radius 1 is 1.12 bits per heavy atom. The van der Waals surface area contributed by atoms with E-state index in [1.54, 1.807) is 36.4 Å². The van der Waals surface area contributed by atoms with Crippen LogP contribution in [-0.4, -0.2) is 57.6 Å². The molecule has 208 valence electrons. The average molecular weight is 546 g/mol. The number of aromatic nitrogens is 3. The van der Waals surface area contributed by atoms with Gasteiger partial charge in [0.25, 0.3) is 0 Å². The van der Waals surface area contributed by atoms with Crippen molar-refractivity contribution in [3.8, 4) is 5.75 Å². The zero-order valence-electron chi connectivity index (χ0n) is 22.3. The van der Waals surface area contributed by atoms with Crippen LogP contribution in [0.15, 0.2) is 72.8 Å². The van der Waals surface area contributed by atoms with E-state index in [1.165, 1.54) is 21.7 Å². The fourth-order valence-electron chi connectivity index (χ4n) is 4.87. The second-order valence-electron chi connectivity index (χ2n) is 9.67. The molecule has 40 heavy (non-hydrogen) atoms. The van der Waals surface area contributed by atoms with Gasteiger partial charge in [-0.1, -0.05) is 41.6 Å². The van der Waals surface area contributed by atoms with E-state index in [0.717, 1.165) is 12.8 Å². The average Bonchev–Trinajstić information content (AvgIpc) is 3.64. The Kier molecular flexibility index (Phi) is 8.65. The van der Waals surface area contributed by atoms with Gasteiger partial charge in [-0.3, -0.25) is 9.59 Å². The van der Waals surface area contributed by atoms with Crippen LogP contribution in [0.4, 0.5) is 4.39 Å². The topological polar surface area (TPSA) is 98.6 Å². The van der Waals surface area contributed by atoms with Crippen molar-refractivity contribution in [3.05, 3.63) is 89.7 Å². The number of nitrogens with zero attached hydrogens (tertiary/aromatic N) is 4. The van der Waals surface area contributed by atoms with Crippen LogP contribution < -0.4 is 10.1 Å². The minimum atomic E-state index is -0.968. The molecule has 9 nitrogen and oxygen atoms in total. The molecular weight excluding hydrogens is 513 g/mol. The smallest absolute Gasteiger partial charge is 0.247 e. The maximum atomic E-state index is 14.0. The summed E-state index contributed by atoms with van der Waals surface area (Å²) in [5, 5.41) is 11.3. The van der Waals surface area contributed by atoms with Crippen molar-refractivity contribution in [2.24, 2.45) is 0 Å². The third-order valence-corrected chi connectivity index (χ3v) is 6.89. The van der Waals surface area contributed by atoms with Gasteiger partial charge in [0.2, 0.25) is 11.8 Å². The van der Waals surface area contributed by atoms with E-state index in [0.29, 0.717) is 47.7 Å². The predicted molar refractivity (Wildman–Crippen MR) is 147 cm³/mol. The fourth-order valence-corrected chi connectivity index (χ4v) is 4.87. The Balaban J connectivity index is 1.49. The maximum absolute atomic E-state index is 14.0. The van der Waals surface area contributed by atoms with Gasteiger partial charge in [-0.25, -0.2) is 9.07 Å². The molecule has 1 aliphatic heterocycles. The number of ether oxygens (including phenoxy) is 2. The van der Waals surface area contributed by atoms with Gasteiger partial charge in [0.05, 0.1) is 18.2 Å². The Labute approximate surface area is 231 Å². The molecule has 0 aliphatic carbocycles. The molecule has 0 bridgehead atoms. The normalized spacial score (nSPS) is 15.6. The lowest BCUT2D eigenvalue weighted by atomic mass is 10.0. The second-order valence-corrected chi connectivity index (χ2v) is 9.67. The highest BCUT2D eigenvalue weighted by atomic mass is 19.1. The Morgan fingerprint density at radius 2 is 1.90 bits per heavy atom. The number of carbonyl (C=O) groups is 2. The molecule has 2 heterocycles. The summed E-state index contributed by atoms with van der Waals surface area (Å²) in [6.45, 7) is 3.37. The maximum Gasteiger partial charge on any atom is 0.247 e. The highest BCUT2D eigenvalue weighted by molar-refractivity contribution is 5.89. The molecule has 1 N–H and O–H groups in total. The van der Waals surface area contributed by atoms with Gasteiger partial charge in [0.1, 0.15) is 29.7 Å². The van der Waals surface area contributed by atoms with Crippen LogP contribution in [0.2, 0.25) is 0 Å². The van der Waals surface area contributed by atoms with E-state index < -0.39 is 6.04 Å². The third kappa shape index (κ3) is 6.45. The van der Waals surface area contributed by atoms with E-state index in [4.69, 9.17) is 9.47 Å². The zero-order chi connectivity index (χ0) is 27.9. The lowest BCUT2D eigenvalue weighted by Crippen LogP contribution is -2.46. The number of rotatable bonds is 11. The van der Waals surface area contributed by atoms with Gasteiger partial charge in [-0.2, -0.15) is 0 Å². The Bertz CT molecular complexity index is 1430. The minimum Gasteiger partial charge on any atom is -0.494 e. The first-order chi connectivity index (χ1) is 19.5. The van der Waals surface area contributed by atoms with Crippen LogP contribution in [-0.2, 0) is 27.4 Å². The summed E-state index contributed by atoms with van der Waals surface area (Å²) in [5.74, 6) is -0.395. The van der Waals surface area contributed by atoms with E-state index in [2.05, 4.69) is 15.6 Å². The summed E-state index contributed by atoms with van der Waals surface area (Å²) in [7, 11) is 0. The molecule has 3 aromatic carbocycles. The number of hydrogen-bond donors (Lipinski definition) is 1. The van der Waals surface area contributed by atoms with Crippen LogP contribution in [0.25, 0.3) is 11.0 Å². The van der Waals surface area contributed by atoms with Gasteiger partial charge < -0.3 is 19.7 Å². The molecule has 0 spiro atoms. The second kappa shape index (κ2) is 12.7. The summed E-state index contributed by atoms with van der Waals surface area (Å²) in [5.41, 5.74) is 2.67. The molecule has 1 aromatic heterocycles. The number of amides is 2. The van der Waals surface area contributed by atoms with Crippen LogP contribution >= 0.6 is 0 Å². The number of hydrogen-bond acceptors (Lipinski definition) is 6. The van der Waals surface area contributed by atoms with E-state index in [9.17, 15) is 14.0 Å². The minimum absolute atomic E-state index is 0.0623. The van der Waals surface area contributed by atoms with Crippen molar-refractivity contribution in [3.63, 3.8) is 0 Å². The van der Waals surface area contributed by atoms with Gasteiger partial charge in [-0.05, 0) is 67.3 Å². The van der Waals surface area contributed by atoms with E-state index in [-0.39, 0.29) is 36.8 Å². The van der Waals surface area contributed by atoms with Gasteiger partial charge in [-0.15, -0.1) is 5.10 Å². The summed E-state index contributed by atoms with van der Waals surface area (Å²) >= 11 is 0. The molecule has 0 radical (unpaired) electrons. The standard InChI is InChI=1S/C30H32FN5O4/c1-2-39-24-15-11-22(12-16-24)29(30(38)32-18-25-6-5-17-40-25)35(19-21-9-13-23(31)14-10-21)28(37)20-36-27-8-4-3-7-26(27)33-34-36/h3-4,7-16,25,29H,2,5-6,17-20H2,1H3,(H,32,38)/t25-,29+/m1/s1. The Morgan fingerprint density at radius 3 is 2.62 bits per heavy atom. The summed E-state index contributed by atoms with van der Waals surface area (Å²) < 4.78 is 26.5. The summed E-state index contributed by atoms with van der Waals surface area (Å²) in [6, 6.07) is 19.4. The number of halogens is 1.